The molecule has 0 spiro atoms. The lowest BCUT2D eigenvalue weighted by Gasteiger charge is -2.16. The van der Waals surface area contributed by atoms with Crippen molar-refractivity contribution in [2.24, 2.45) is 0 Å². The van der Waals surface area contributed by atoms with Gasteiger partial charge in [-0.1, -0.05) is 48.5 Å². The van der Waals surface area contributed by atoms with E-state index in [0.29, 0.717) is 6.54 Å². The standard InChI is InChI=1S/C23H23FN2O2/c1-26(15-17-12-13-22(28-2)20(24)14-17)16-23(27)25-21-11-7-6-10-19(21)18-8-4-3-5-9-18/h3-14H,15-16H2,1-2H3,(H,25,27)/p+1. The van der Waals surface area contributed by atoms with Crippen LogP contribution in [0.5, 0.6) is 5.75 Å². The predicted octanol–water partition coefficient (Wildman–Crippen LogP) is 3.15. The molecule has 4 nitrogen and oxygen atoms in total. The molecule has 5 heteroatoms. The van der Waals surface area contributed by atoms with E-state index in [-0.39, 0.29) is 18.2 Å². The van der Waals surface area contributed by atoms with Crippen molar-refractivity contribution in [3.8, 4) is 16.9 Å². The molecular formula is C23H24FN2O2+. The molecule has 0 aliphatic rings. The second-order valence-electron chi connectivity index (χ2n) is 6.74. The van der Waals surface area contributed by atoms with Gasteiger partial charge < -0.3 is 15.0 Å². The smallest absolute Gasteiger partial charge is 0.279 e. The van der Waals surface area contributed by atoms with E-state index in [2.05, 4.69) is 5.32 Å². The first kappa shape index (κ1) is 19.6. The van der Waals surface area contributed by atoms with E-state index in [1.54, 1.807) is 6.07 Å². The van der Waals surface area contributed by atoms with Gasteiger partial charge in [0.2, 0.25) is 0 Å². The van der Waals surface area contributed by atoms with Crippen molar-refractivity contribution in [1.82, 2.24) is 0 Å². The number of methoxy groups -OCH3 is 1. The van der Waals surface area contributed by atoms with Gasteiger partial charge in [0.1, 0.15) is 6.54 Å². The molecule has 1 atom stereocenters. The van der Waals surface area contributed by atoms with Crippen molar-refractivity contribution in [1.29, 1.82) is 0 Å². The summed E-state index contributed by atoms with van der Waals surface area (Å²) in [5.41, 5.74) is 3.62. The van der Waals surface area contributed by atoms with Gasteiger partial charge in [-0.25, -0.2) is 4.39 Å². The summed E-state index contributed by atoms with van der Waals surface area (Å²) in [5.74, 6) is -0.263. The zero-order valence-electron chi connectivity index (χ0n) is 16.0. The molecule has 28 heavy (non-hydrogen) atoms. The molecule has 0 aliphatic carbocycles. The quantitative estimate of drug-likeness (QED) is 0.662. The molecule has 0 aromatic heterocycles. The number of carbonyl (C=O) groups excluding carboxylic acids is 1. The molecule has 3 rings (SSSR count). The number of hydrogen-bond acceptors (Lipinski definition) is 2. The van der Waals surface area contributed by atoms with Crippen molar-refractivity contribution in [3.05, 3.63) is 84.2 Å². The Morgan fingerprint density at radius 3 is 2.46 bits per heavy atom. The maximum atomic E-state index is 13.8. The first-order valence-electron chi connectivity index (χ1n) is 9.15. The number of carbonyl (C=O) groups is 1. The minimum atomic E-state index is -0.394. The molecule has 0 radical (unpaired) electrons. The number of likely N-dealkylation sites (N-methyl/N-ethyl adjacent to an activating group) is 1. The van der Waals surface area contributed by atoms with Crippen LogP contribution >= 0.6 is 0 Å². The number of halogens is 1. The number of rotatable bonds is 7. The third-order valence-electron chi connectivity index (χ3n) is 4.47. The van der Waals surface area contributed by atoms with Crippen molar-refractivity contribution >= 4 is 11.6 Å². The molecule has 0 heterocycles. The summed E-state index contributed by atoms with van der Waals surface area (Å²) in [6.07, 6.45) is 0. The van der Waals surface area contributed by atoms with E-state index >= 15 is 0 Å². The first-order chi connectivity index (χ1) is 13.6. The predicted molar refractivity (Wildman–Crippen MR) is 109 cm³/mol. The monoisotopic (exact) mass is 379 g/mol. The summed E-state index contributed by atoms with van der Waals surface area (Å²) in [6.45, 7) is 0.811. The minimum Gasteiger partial charge on any atom is -0.494 e. The maximum Gasteiger partial charge on any atom is 0.279 e. The average Bonchev–Trinajstić information content (AvgIpc) is 2.69. The number of hydrogen-bond donors (Lipinski definition) is 2. The molecule has 144 valence electrons. The van der Waals surface area contributed by atoms with Gasteiger partial charge >= 0.3 is 0 Å². The number of anilines is 1. The van der Waals surface area contributed by atoms with Gasteiger partial charge in [-0.3, -0.25) is 4.79 Å². The lowest BCUT2D eigenvalue weighted by molar-refractivity contribution is -0.885. The van der Waals surface area contributed by atoms with Crippen LogP contribution in [-0.4, -0.2) is 26.6 Å². The summed E-state index contributed by atoms with van der Waals surface area (Å²) >= 11 is 0. The average molecular weight is 379 g/mol. The van der Waals surface area contributed by atoms with Crippen LogP contribution in [0.1, 0.15) is 5.56 Å². The van der Waals surface area contributed by atoms with Crippen LogP contribution < -0.4 is 15.0 Å². The largest absolute Gasteiger partial charge is 0.494 e. The van der Waals surface area contributed by atoms with Crippen LogP contribution in [-0.2, 0) is 11.3 Å². The Morgan fingerprint density at radius 2 is 1.75 bits per heavy atom. The Hall–Kier alpha value is -3.18. The fourth-order valence-electron chi connectivity index (χ4n) is 3.16. The molecule has 2 N–H and O–H groups in total. The minimum absolute atomic E-state index is 0.0881. The van der Waals surface area contributed by atoms with Gasteiger partial charge in [-0.2, -0.15) is 0 Å². The molecule has 0 fully saturated rings. The highest BCUT2D eigenvalue weighted by Crippen LogP contribution is 2.27. The van der Waals surface area contributed by atoms with Crippen LogP contribution in [0.3, 0.4) is 0 Å². The lowest BCUT2D eigenvalue weighted by atomic mass is 10.0. The molecular weight excluding hydrogens is 355 g/mol. The number of ether oxygens (including phenoxy) is 1. The zero-order chi connectivity index (χ0) is 19.9. The summed E-state index contributed by atoms with van der Waals surface area (Å²) in [5, 5.41) is 3.00. The molecule has 1 unspecified atom stereocenters. The summed E-state index contributed by atoms with van der Waals surface area (Å²) in [7, 11) is 3.35. The number of amides is 1. The fourth-order valence-corrected chi connectivity index (χ4v) is 3.16. The molecule has 0 aliphatic heterocycles. The Labute approximate surface area is 164 Å². The van der Waals surface area contributed by atoms with Crippen LogP contribution in [0, 0.1) is 5.82 Å². The van der Waals surface area contributed by atoms with E-state index in [1.807, 2.05) is 67.7 Å². The summed E-state index contributed by atoms with van der Waals surface area (Å²) < 4.78 is 18.8. The Morgan fingerprint density at radius 1 is 1.04 bits per heavy atom. The fraction of sp³-hybridized carbons (Fsp3) is 0.174. The van der Waals surface area contributed by atoms with E-state index in [4.69, 9.17) is 4.74 Å². The van der Waals surface area contributed by atoms with E-state index in [9.17, 15) is 9.18 Å². The molecule has 3 aromatic carbocycles. The van der Waals surface area contributed by atoms with E-state index in [1.165, 1.54) is 13.2 Å². The number of quaternary nitrogens is 1. The van der Waals surface area contributed by atoms with Crippen LogP contribution in [0.4, 0.5) is 10.1 Å². The normalized spacial score (nSPS) is 11.7. The zero-order valence-corrected chi connectivity index (χ0v) is 16.0. The van der Waals surface area contributed by atoms with Crippen LogP contribution in [0.15, 0.2) is 72.8 Å². The van der Waals surface area contributed by atoms with E-state index in [0.717, 1.165) is 27.3 Å². The molecule has 0 bridgehead atoms. The molecule has 0 saturated heterocycles. The van der Waals surface area contributed by atoms with Crippen LogP contribution in [0.2, 0.25) is 0 Å². The van der Waals surface area contributed by atoms with Crippen molar-refractivity contribution in [2.75, 3.05) is 26.0 Å². The highest BCUT2D eigenvalue weighted by molar-refractivity contribution is 5.96. The van der Waals surface area contributed by atoms with Crippen molar-refractivity contribution in [3.63, 3.8) is 0 Å². The summed E-state index contributed by atoms with van der Waals surface area (Å²) in [6, 6.07) is 22.5. The van der Waals surface area contributed by atoms with Gasteiger partial charge in [-0.15, -0.1) is 0 Å². The maximum absolute atomic E-state index is 13.8. The van der Waals surface area contributed by atoms with Gasteiger partial charge in [0.15, 0.2) is 18.1 Å². The number of nitrogens with one attached hydrogen (secondary N) is 2. The van der Waals surface area contributed by atoms with Gasteiger partial charge in [0.25, 0.3) is 5.91 Å². The van der Waals surface area contributed by atoms with Crippen molar-refractivity contribution in [2.45, 2.75) is 6.54 Å². The van der Waals surface area contributed by atoms with Gasteiger partial charge in [-0.05, 0) is 29.8 Å². The first-order valence-corrected chi connectivity index (χ1v) is 9.15. The third kappa shape index (κ3) is 4.96. The molecule has 0 saturated carbocycles. The molecule has 3 aromatic rings. The molecule has 1 amide bonds. The second kappa shape index (κ2) is 9.15. The highest BCUT2D eigenvalue weighted by atomic mass is 19.1. The number of para-hydroxylation sites is 1. The Kier molecular flexibility index (Phi) is 6.40. The van der Waals surface area contributed by atoms with Crippen molar-refractivity contribution < 1.29 is 18.8 Å². The third-order valence-corrected chi connectivity index (χ3v) is 4.47. The topological polar surface area (TPSA) is 42.8 Å². The second-order valence-corrected chi connectivity index (χ2v) is 6.74. The lowest BCUT2D eigenvalue weighted by Crippen LogP contribution is -3.08. The summed E-state index contributed by atoms with van der Waals surface area (Å²) in [4.78, 5) is 13.5. The van der Waals surface area contributed by atoms with E-state index < -0.39 is 5.82 Å². The van der Waals surface area contributed by atoms with Crippen LogP contribution in [0.25, 0.3) is 11.1 Å². The Balaban J connectivity index is 1.64. The highest BCUT2D eigenvalue weighted by Gasteiger charge is 2.14. The number of benzene rings is 3. The SMILES string of the molecule is COc1ccc(C[NH+](C)CC(=O)Nc2ccccc2-c2ccccc2)cc1F. The Bertz CT molecular complexity index is 944. The van der Waals surface area contributed by atoms with Gasteiger partial charge in [0.05, 0.1) is 14.2 Å². The van der Waals surface area contributed by atoms with Gasteiger partial charge in [0, 0.05) is 16.8 Å².